The van der Waals surface area contributed by atoms with E-state index in [-0.39, 0.29) is 0 Å². The summed E-state index contributed by atoms with van der Waals surface area (Å²) in [5.41, 5.74) is 7.20. The molecule has 1 aromatic carbocycles. The fourth-order valence-electron chi connectivity index (χ4n) is 1.31. The number of nitrogens with zero attached hydrogens (tertiary/aromatic N) is 1. The highest BCUT2D eigenvalue weighted by molar-refractivity contribution is 14.1. The van der Waals surface area contributed by atoms with Crippen molar-refractivity contribution in [3.63, 3.8) is 0 Å². The third-order valence-electron chi connectivity index (χ3n) is 2.08. The summed E-state index contributed by atoms with van der Waals surface area (Å²) in [6.07, 6.45) is 1.59. The van der Waals surface area contributed by atoms with Crippen molar-refractivity contribution in [1.29, 1.82) is 0 Å². The topological polar surface area (TPSA) is 48.1 Å². The average Bonchev–Trinajstić information content (AvgIpc) is 2.25. The number of aromatic nitrogens is 1. The van der Waals surface area contributed by atoms with Crippen LogP contribution in [0.2, 0.25) is 0 Å². The predicted octanol–water partition coefficient (Wildman–Crippen LogP) is 3.37. The fraction of sp³-hybridized carbons (Fsp3) is 0.0833. The summed E-state index contributed by atoms with van der Waals surface area (Å²) < 4.78 is 6.82. The molecule has 16 heavy (non-hydrogen) atoms. The number of hydrogen-bond donors (Lipinski definition) is 1. The molecule has 0 spiro atoms. The molecule has 4 heteroatoms. The summed E-state index contributed by atoms with van der Waals surface area (Å²) in [5.74, 6) is 1.37. The number of halogens is 1. The van der Waals surface area contributed by atoms with E-state index in [0.29, 0.717) is 11.6 Å². The summed E-state index contributed by atoms with van der Waals surface area (Å²) in [4.78, 5) is 4.15. The zero-order valence-corrected chi connectivity index (χ0v) is 10.9. The van der Waals surface area contributed by atoms with Crippen LogP contribution < -0.4 is 10.5 Å². The Morgan fingerprint density at radius 2 is 1.94 bits per heavy atom. The minimum absolute atomic E-state index is 0.593. The molecule has 2 aromatic rings. The first-order chi connectivity index (χ1) is 7.65. The van der Waals surface area contributed by atoms with E-state index in [1.807, 2.05) is 37.3 Å². The highest BCUT2D eigenvalue weighted by atomic mass is 127. The molecule has 0 atom stereocenters. The summed E-state index contributed by atoms with van der Waals surface area (Å²) in [6.45, 7) is 1.92. The molecule has 0 saturated carbocycles. The zero-order chi connectivity index (χ0) is 11.5. The Hall–Kier alpha value is -1.30. The van der Waals surface area contributed by atoms with Crippen LogP contribution in [-0.4, -0.2) is 4.98 Å². The number of pyridine rings is 1. The van der Waals surface area contributed by atoms with Gasteiger partial charge >= 0.3 is 0 Å². The molecule has 82 valence electrons. The van der Waals surface area contributed by atoms with E-state index in [2.05, 4.69) is 27.6 Å². The minimum Gasteiger partial charge on any atom is -0.439 e. The number of anilines is 1. The van der Waals surface area contributed by atoms with Gasteiger partial charge in [0.05, 0.1) is 11.9 Å². The van der Waals surface area contributed by atoms with Gasteiger partial charge in [-0.3, -0.25) is 0 Å². The van der Waals surface area contributed by atoms with Gasteiger partial charge < -0.3 is 10.5 Å². The van der Waals surface area contributed by atoms with Crippen molar-refractivity contribution in [3.05, 3.63) is 45.7 Å². The third kappa shape index (κ3) is 2.63. The van der Waals surface area contributed by atoms with E-state index in [0.717, 1.165) is 11.3 Å². The molecule has 0 bridgehead atoms. The number of aryl methyl sites for hydroxylation is 1. The maximum absolute atomic E-state index is 5.65. The molecule has 0 fully saturated rings. The Balaban J connectivity index is 2.23. The Morgan fingerprint density at radius 3 is 2.56 bits per heavy atom. The summed E-state index contributed by atoms with van der Waals surface area (Å²) in [5, 5.41) is 0. The highest BCUT2D eigenvalue weighted by Crippen LogP contribution is 2.24. The number of rotatable bonds is 2. The van der Waals surface area contributed by atoms with Crippen LogP contribution in [0.4, 0.5) is 5.69 Å². The van der Waals surface area contributed by atoms with E-state index in [1.54, 1.807) is 6.20 Å². The van der Waals surface area contributed by atoms with Crippen LogP contribution in [-0.2, 0) is 0 Å². The molecule has 0 unspecified atom stereocenters. The largest absolute Gasteiger partial charge is 0.439 e. The Morgan fingerprint density at radius 1 is 1.25 bits per heavy atom. The van der Waals surface area contributed by atoms with Crippen LogP contribution in [0.5, 0.6) is 11.6 Å². The quantitative estimate of drug-likeness (QED) is 0.861. The van der Waals surface area contributed by atoms with Gasteiger partial charge in [0.15, 0.2) is 0 Å². The molecular weight excluding hydrogens is 315 g/mol. The lowest BCUT2D eigenvalue weighted by molar-refractivity contribution is 0.459. The smallest absolute Gasteiger partial charge is 0.222 e. The predicted molar refractivity (Wildman–Crippen MR) is 72.6 cm³/mol. The van der Waals surface area contributed by atoms with Gasteiger partial charge in [-0.15, -0.1) is 0 Å². The van der Waals surface area contributed by atoms with Crippen molar-refractivity contribution >= 4 is 28.3 Å². The molecule has 2 N–H and O–H groups in total. The molecule has 0 saturated heterocycles. The van der Waals surface area contributed by atoms with Crippen LogP contribution >= 0.6 is 22.6 Å². The van der Waals surface area contributed by atoms with E-state index in [9.17, 15) is 0 Å². The van der Waals surface area contributed by atoms with Crippen molar-refractivity contribution in [3.8, 4) is 11.6 Å². The number of nitrogen functional groups attached to an aromatic ring is 1. The van der Waals surface area contributed by atoms with Crippen LogP contribution in [0.3, 0.4) is 0 Å². The normalized spacial score (nSPS) is 10.1. The van der Waals surface area contributed by atoms with Crippen LogP contribution in [0.1, 0.15) is 5.56 Å². The molecule has 2 rings (SSSR count). The number of hydrogen-bond acceptors (Lipinski definition) is 3. The van der Waals surface area contributed by atoms with Gasteiger partial charge in [-0.2, -0.15) is 0 Å². The standard InChI is InChI=1S/C12H11IN2O/c1-8-6-10(14)7-15-12(8)16-11-4-2-9(13)3-5-11/h2-7H,14H2,1H3. The van der Waals surface area contributed by atoms with E-state index >= 15 is 0 Å². The molecule has 1 heterocycles. The zero-order valence-electron chi connectivity index (χ0n) is 8.77. The van der Waals surface area contributed by atoms with E-state index < -0.39 is 0 Å². The molecule has 0 radical (unpaired) electrons. The lowest BCUT2D eigenvalue weighted by atomic mass is 10.3. The van der Waals surface area contributed by atoms with Gasteiger partial charge in [-0.25, -0.2) is 4.98 Å². The van der Waals surface area contributed by atoms with Gasteiger partial charge in [-0.05, 0) is 59.8 Å². The monoisotopic (exact) mass is 326 g/mol. The molecule has 1 aromatic heterocycles. The van der Waals surface area contributed by atoms with Crippen molar-refractivity contribution in [1.82, 2.24) is 4.98 Å². The number of nitrogens with two attached hydrogens (primary N) is 1. The first-order valence-corrected chi connectivity index (χ1v) is 5.88. The van der Waals surface area contributed by atoms with Crippen molar-refractivity contribution in [2.24, 2.45) is 0 Å². The van der Waals surface area contributed by atoms with Gasteiger partial charge in [0.2, 0.25) is 5.88 Å². The Kier molecular flexibility index (Phi) is 3.28. The molecule has 0 amide bonds. The second-order valence-electron chi connectivity index (χ2n) is 3.45. The molecular formula is C12H11IN2O. The second-order valence-corrected chi connectivity index (χ2v) is 4.69. The van der Waals surface area contributed by atoms with Crippen molar-refractivity contribution in [2.75, 3.05) is 5.73 Å². The third-order valence-corrected chi connectivity index (χ3v) is 2.80. The van der Waals surface area contributed by atoms with Gasteiger partial charge in [0.1, 0.15) is 5.75 Å². The van der Waals surface area contributed by atoms with Crippen molar-refractivity contribution in [2.45, 2.75) is 6.92 Å². The molecule has 3 nitrogen and oxygen atoms in total. The van der Waals surface area contributed by atoms with E-state index in [1.165, 1.54) is 3.57 Å². The SMILES string of the molecule is Cc1cc(N)cnc1Oc1ccc(I)cc1. The second kappa shape index (κ2) is 4.69. The summed E-state index contributed by atoms with van der Waals surface area (Å²) in [7, 11) is 0. The van der Waals surface area contributed by atoms with Crippen LogP contribution in [0.15, 0.2) is 36.5 Å². The van der Waals surface area contributed by atoms with Gasteiger partial charge in [-0.1, -0.05) is 0 Å². The Bertz CT molecular complexity index is 497. The average molecular weight is 326 g/mol. The molecule has 0 aliphatic rings. The summed E-state index contributed by atoms with van der Waals surface area (Å²) >= 11 is 2.25. The maximum atomic E-state index is 5.65. The fourth-order valence-corrected chi connectivity index (χ4v) is 1.66. The van der Waals surface area contributed by atoms with Crippen molar-refractivity contribution < 1.29 is 4.74 Å². The maximum Gasteiger partial charge on any atom is 0.222 e. The lowest BCUT2D eigenvalue weighted by Gasteiger charge is -2.07. The number of benzene rings is 1. The van der Waals surface area contributed by atoms with Gasteiger partial charge in [0.25, 0.3) is 0 Å². The molecule has 0 aliphatic carbocycles. The van der Waals surface area contributed by atoms with Gasteiger partial charge in [0, 0.05) is 9.13 Å². The summed E-state index contributed by atoms with van der Waals surface area (Å²) in [6, 6.07) is 9.65. The minimum atomic E-state index is 0.593. The lowest BCUT2D eigenvalue weighted by Crippen LogP contribution is -1.94. The molecule has 0 aliphatic heterocycles. The number of ether oxygens (including phenoxy) is 1. The van der Waals surface area contributed by atoms with E-state index in [4.69, 9.17) is 10.5 Å². The highest BCUT2D eigenvalue weighted by Gasteiger charge is 2.03. The first-order valence-electron chi connectivity index (χ1n) is 4.81. The Labute approximate surface area is 108 Å². The van der Waals surface area contributed by atoms with Crippen LogP contribution in [0.25, 0.3) is 0 Å². The first kappa shape index (κ1) is 11.2. The van der Waals surface area contributed by atoms with Crippen LogP contribution in [0, 0.1) is 10.5 Å².